The lowest BCUT2D eigenvalue weighted by Crippen LogP contribution is -2.43. The second-order valence-corrected chi connectivity index (χ2v) is 10.3. The van der Waals surface area contributed by atoms with Crippen molar-refractivity contribution in [3.63, 3.8) is 0 Å². The molecule has 43 heavy (non-hydrogen) atoms. The van der Waals surface area contributed by atoms with E-state index in [1.807, 2.05) is 30.3 Å². The second-order valence-electron chi connectivity index (χ2n) is 10.3. The number of hydrogen-bond donors (Lipinski definition) is 1. The number of Topliss-reactive ketones (excluding diaryl/α,β-unsaturated/α-hetero) is 1. The highest BCUT2D eigenvalue weighted by atomic mass is 16.5. The van der Waals surface area contributed by atoms with Gasteiger partial charge in [0.1, 0.15) is 35.5 Å². The van der Waals surface area contributed by atoms with Gasteiger partial charge in [0, 0.05) is 22.9 Å². The molecule has 1 aliphatic heterocycles. The van der Waals surface area contributed by atoms with Crippen molar-refractivity contribution in [2.24, 2.45) is 5.92 Å². The Hall–Kier alpha value is -4.79. The zero-order valence-corrected chi connectivity index (χ0v) is 24.7. The smallest absolute Gasteiger partial charge is 0.336 e. The van der Waals surface area contributed by atoms with Crippen LogP contribution < -0.4 is 14.8 Å². The van der Waals surface area contributed by atoms with Crippen molar-refractivity contribution in [2.45, 2.75) is 45.6 Å². The van der Waals surface area contributed by atoms with Crippen LogP contribution in [0.3, 0.4) is 0 Å². The maximum absolute atomic E-state index is 14.4. The van der Waals surface area contributed by atoms with Crippen molar-refractivity contribution in [2.75, 3.05) is 20.3 Å². The Labute approximate surface area is 250 Å². The lowest BCUT2D eigenvalue weighted by Gasteiger charge is -2.38. The molecule has 0 bridgehead atoms. The van der Waals surface area contributed by atoms with Crippen LogP contribution in [0.4, 0.5) is 0 Å². The van der Waals surface area contributed by atoms with Gasteiger partial charge in [-0.05, 0) is 69.2 Å². The Kier molecular flexibility index (Phi) is 8.99. The van der Waals surface area contributed by atoms with E-state index in [-0.39, 0.29) is 25.4 Å². The summed E-state index contributed by atoms with van der Waals surface area (Å²) in [7, 11) is 1.59. The fourth-order valence-electron chi connectivity index (χ4n) is 5.77. The Balaban J connectivity index is 1.54. The van der Waals surface area contributed by atoms with Crippen LogP contribution in [0, 0.1) is 5.92 Å². The van der Waals surface area contributed by atoms with Gasteiger partial charge in [-0.15, -0.1) is 0 Å². The first-order valence-corrected chi connectivity index (χ1v) is 14.3. The summed E-state index contributed by atoms with van der Waals surface area (Å²) in [5, 5.41) is 3.30. The highest BCUT2D eigenvalue weighted by molar-refractivity contribution is 6.13. The molecule has 0 fully saturated rings. The SMILES string of the molecule is CCOC(=O)C1=C(C)NC2=C(C(=O)[C@H](C(=O)OCC)[C@@H](c3ccccc3)C2)[C@H]1c1ccc(COc2ccc(OC)cc2)o1. The highest BCUT2D eigenvalue weighted by Crippen LogP contribution is 2.48. The molecule has 2 heterocycles. The molecule has 5 rings (SSSR count). The number of nitrogens with one attached hydrogen (secondary N) is 1. The number of allylic oxidation sites excluding steroid dienone is 3. The third-order valence-electron chi connectivity index (χ3n) is 7.69. The number of ether oxygens (including phenoxy) is 4. The first kappa shape index (κ1) is 29.7. The molecule has 0 amide bonds. The number of carbonyl (C=O) groups excluding carboxylic acids is 3. The molecule has 1 aliphatic carbocycles. The third kappa shape index (κ3) is 6.07. The summed E-state index contributed by atoms with van der Waals surface area (Å²) in [6.45, 7) is 5.62. The van der Waals surface area contributed by atoms with Crippen molar-refractivity contribution >= 4 is 17.7 Å². The lowest BCUT2D eigenvalue weighted by molar-refractivity contribution is -0.152. The molecular formula is C34H35NO8. The maximum atomic E-state index is 14.4. The zero-order valence-electron chi connectivity index (χ0n) is 24.7. The van der Waals surface area contributed by atoms with E-state index >= 15 is 0 Å². The molecule has 1 N–H and O–H groups in total. The van der Waals surface area contributed by atoms with Crippen LogP contribution in [0.5, 0.6) is 11.5 Å². The summed E-state index contributed by atoms with van der Waals surface area (Å²) in [6, 6.07) is 20.1. The lowest BCUT2D eigenvalue weighted by atomic mass is 9.68. The highest BCUT2D eigenvalue weighted by Gasteiger charge is 2.49. The number of dihydropyridines is 1. The van der Waals surface area contributed by atoms with Gasteiger partial charge in [0.2, 0.25) is 0 Å². The topological polar surface area (TPSA) is 113 Å². The minimum Gasteiger partial charge on any atom is -0.497 e. The van der Waals surface area contributed by atoms with E-state index < -0.39 is 35.5 Å². The van der Waals surface area contributed by atoms with Crippen LogP contribution in [0.25, 0.3) is 0 Å². The van der Waals surface area contributed by atoms with E-state index in [0.717, 1.165) is 5.56 Å². The summed E-state index contributed by atoms with van der Waals surface area (Å²) in [6.07, 6.45) is 0.368. The van der Waals surface area contributed by atoms with Gasteiger partial charge < -0.3 is 28.7 Å². The summed E-state index contributed by atoms with van der Waals surface area (Å²) in [5.74, 6) is -1.77. The minimum absolute atomic E-state index is 0.121. The average molecular weight is 586 g/mol. The van der Waals surface area contributed by atoms with E-state index in [2.05, 4.69) is 5.32 Å². The van der Waals surface area contributed by atoms with Crippen molar-refractivity contribution in [3.05, 3.63) is 106 Å². The number of esters is 2. The Morgan fingerprint density at radius 3 is 2.30 bits per heavy atom. The molecule has 0 saturated carbocycles. The quantitative estimate of drug-likeness (QED) is 0.241. The number of methoxy groups -OCH3 is 1. The molecule has 3 atom stereocenters. The van der Waals surface area contributed by atoms with Crippen molar-refractivity contribution in [1.82, 2.24) is 5.32 Å². The normalized spacial score (nSPS) is 19.8. The van der Waals surface area contributed by atoms with Crippen LogP contribution in [0.1, 0.15) is 56.1 Å². The molecule has 9 heteroatoms. The van der Waals surface area contributed by atoms with Gasteiger partial charge in [0.05, 0.1) is 31.8 Å². The average Bonchev–Trinajstić information content (AvgIpc) is 3.49. The van der Waals surface area contributed by atoms with Crippen LogP contribution >= 0.6 is 0 Å². The molecule has 0 spiro atoms. The van der Waals surface area contributed by atoms with Gasteiger partial charge in [-0.25, -0.2) is 4.79 Å². The van der Waals surface area contributed by atoms with Crippen LogP contribution in [-0.2, 0) is 30.5 Å². The van der Waals surface area contributed by atoms with E-state index in [1.54, 1.807) is 64.3 Å². The minimum atomic E-state index is -1.08. The zero-order chi connectivity index (χ0) is 30.5. The summed E-state index contributed by atoms with van der Waals surface area (Å²) >= 11 is 0. The molecule has 0 unspecified atom stereocenters. The van der Waals surface area contributed by atoms with Crippen LogP contribution in [-0.4, -0.2) is 38.0 Å². The molecule has 3 aromatic rings. The number of ketones is 1. The number of carbonyl (C=O) groups is 3. The van der Waals surface area contributed by atoms with Crippen molar-refractivity contribution in [3.8, 4) is 11.5 Å². The predicted octanol–water partition coefficient (Wildman–Crippen LogP) is 5.58. The van der Waals surface area contributed by atoms with E-state index in [0.29, 0.717) is 46.4 Å². The van der Waals surface area contributed by atoms with E-state index in [4.69, 9.17) is 23.4 Å². The fraction of sp³-hybridized carbons (Fsp3) is 0.324. The van der Waals surface area contributed by atoms with Gasteiger partial charge in [-0.1, -0.05) is 30.3 Å². The molecule has 0 saturated heterocycles. The fourth-order valence-corrected chi connectivity index (χ4v) is 5.77. The van der Waals surface area contributed by atoms with Crippen molar-refractivity contribution < 1.29 is 37.7 Å². The number of benzene rings is 2. The van der Waals surface area contributed by atoms with Crippen LogP contribution in [0.2, 0.25) is 0 Å². The molecule has 2 aromatic carbocycles. The first-order chi connectivity index (χ1) is 20.9. The Morgan fingerprint density at radius 2 is 1.63 bits per heavy atom. The predicted molar refractivity (Wildman–Crippen MR) is 157 cm³/mol. The Morgan fingerprint density at radius 1 is 0.930 bits per heavy atom. The van der Waals surface area contributed by atoms with Gasteiger partial charge in [-0.2, -0.15) is 0 Å². The first-order valence-electron chi connectivity index (χ1n) is 14.3. The maximum Gasteiger partial charge on any atom is 0.336 e. The van der Waals surface area contributed by atoms with Gasteiger partial charge in [0.15, 0.2) is 5.78 Å². The third-order valence-corrected chi connectivity index (χ3v) is 7.69. The largest absolute Gasteiger partial charge is 0.497 e. The molecule has 0 radical (unpaired) electrons. The standard InChI is InChI=1S/C34H35NO8/c1-5-40-33(37)28-20(3)35-26-18-25(21-10-8-7-9-11-21)29(34(38)41-6-2)32(36)30(26)31(28)27-17-16-24(43-27)19-42-23-14-12-22(39-4)13-15-23/h7-17,25,29,31,35H,5-6,18-19H2,1-4H3/t25-,29-,31+/m1/s1. The summed E-state index contributed by atoms with van der Waals surface area (Å²) in [4.78, 5) is 41.0. The molecule has 224 valence electrons. The summed E-state index contributed by atoms with van der Waals surface area (Å²) < 4.78 is 28.1. The monoisotopic (exact) mass is 585 g/mol. The molecular weight excluding hydrogens is 550 g/mol. The number of rotatable bonds is 10. The van der Waals surface area contributed by atoms with Crippen LogP contribution in [0.15, 0.2) is 93.7 Å². The Bertz CT molecular complexity index is 1550. The van der Waals surface area contributed by atoms with Gasteiger partial charge in [-0.3, -0.25) is 9.59 Å². The summed E-state index contributed by atoms with van der Waals surface area (Å²) in [5.41, 5.74) is 2.61. The molecule has 9 nitrogen and oxygen atoms in total. The molecule has 1 aromatic heterocycles. The van der Waals surface area contributed by atoms with Gasteiger partial charge in [0.25, 0.3) is 0 Å². The van der Waals surface area contributed by atoms with Crippen molar-refractivity contribution in [1.29, 1.82) is 0 Å². The molecule has 2 aliphatic rings. The number of hydrogen-bond acceptors (Lipinski definition) is 9. The van der Waals surface area contributed by atoms with E-state index in [9.17, 15) is 14.4 Å². The number of furan rings is 1. The van der Waals surface area contributed by atoms with Gasteiger partial charge >= 0.3 is 11.9 Å². The second kappa shape index (κ2) is 13.0. The van der Waals surface area contributed by atoms with E-state index in [1.165, 1.54) is 0 Å².